The van der Waals surface area contributed by atoms with Crippen molar-refractivity contribution in [2.24, 2.45) is 5.41 Å². The molecule has 3 aromatic rings. The van der Waals surface area contributed by atoms with Crippen LogP contribution in [0.4, 0.5) is 10.2 Å². The van der Waals surface area contributed by atoms with E-state index in [2.05, 4.69) is 19.9 Å². The van der Waals surface area contributed by atoms with Crippen LogP contribution in [0, 0.1) is 5.41 Å². The first-order valence-corrected chi connectivity index (χ1v) is 12.4. The lowest BCUT2D eigenvalue weighted by Gasteiger charge is -2.38. The average Bonchev–Trinajstić information content (AvgIpc) is 3.31. The SMILES string of the molecule is O=c1c2c(Cl)c(Sc3cnc(N4CCC5(CCOC5)CC4)cn3)ccc2ncn1CC(O)CF. The summed E-state index contributed by atoms with van der Waals surface area (Å²) in [5.41, 5.74) is 0.341. The van der Waals surface area contributed by atoms with Crippen LogP contribution in [0.15, 0.2) is 45.6 Å². The molecule has 2 aliphatic rings. The Labute approximate surface area is 205 Å². The van der Waals surface area contributed by atoms with Crippen LogP contribution >= 0.6 is 23.4 Å². The van der Waals surface area contributed by atoms with Crippen molar-refractivity contribution in [3.63, 3.8) is 0 Å². The molecule has 2 aromatic heterocycles. The quantitative estimate of drug-likeness (QED) is 0.545. The number of nitrogens with zero attached hydrogens (tertiary/aromatic N) is 5. The summed E-state index contributed by atoms with van der Waals surface area (Å²) < 4.78 is 19.5. The van der Waals surface area contributed by atoms with Crippen LogP contribution in [-0.2, 0) is 11.3 Å². The van der Waals surface area contributed by atoms with E-state index in [1.165, 1.54) is 22.7 Å². The lowest BCUT2D eigenvalue weighted by atomic mass is 9.78. The number of hydrogen-bond donors (Lipinski definition) is 1. The van der Waals surface area contributed by atoms with E-state index in [4.69, 9.17) is 16.3 Å². The predicted molar refractivity (Wildman–Crippen MR) is 128 cm³/mol. The van der Waals surface area contributed by atoms with Crippen molar-refractivity contribution in [2.45, 2.75) is 41.8 Å². The van der Waals surface area contributed by atoms with Crippen molar-refractivity contribution in [3.8, 4) is 0 Å². The molecule has 2 saturated heterocycles. The summed E-state index contributed by atoms with van der Waals surface area (Å²) in [4.78, 5) is 29.1. The second-order valence-corrected chi connectivity index (χ2v) is 10.3. The number of rotatable bonds is 6. The standard InChI is InChI=1S/C23H25ClFN5O3S/c24-21-17(2-1-16-20(21)22(32)30(14-28-16)12-15(31)9-25)34-19-11-26-18(10-27-19)29-6-3-23(4-7-29)5-8-33-13-23/h1-2,10-11,14-15,31H,3-9,12-13H2. The second kappa shape index (κ2) is 9.77. The van der Waals surface area contributed by atoms with Crippen molar-refractivity contribution in [3.05, 3.63) is 46.2 Å². The number of piperidine rings is 1. The summed E-state index contributed by atoms with van der Waals surface area (Å²) >= 11 is 7.88. The summed E-state index contributed by atoms with van der Waals surface area (Å²) in [5.74, 6) is 0.848. The average molecular weight is 506 g/mol. The second-order valence-electron chi connectivity index (χ2n) is 8.89. The van der Waals surface area contributed by atoms with Gasteiger partial charge in [-0.3, -0.25) is 9.36 Å². The third kappa shape index (κ3) is 4.64. The molecule has 1 aromatic carbocycles. The van der Waals surface area contributed by atoms with E-state index in [1.807, 2.05) is 0 Å². The molecule has 0 saturated carbocycles. The Kier molecular flexibility index (Phi) is 6.74. The van der Waals surface area contributed by atoms with E-state index >= 15 is 0 Å². The van der Waals surface area contributed by atoms with Crippen molar-refractivity contribution in [1.82, 2.24) is 19.5 Å². The summed E-state index contributed by atoms with van der Waals surface area (Å²) in [6.07, 6.45) is 6.84. The molecule has 34 heavy (non-hydrogen) atoms. The minimum Gasteiger partial charge on any atom is -0.389 e. The molecule has 5 rings (SSSR count). The number of fused-ring (bicyclic) bond motifs is 1. The molecule has 180 valence electrons. The van der Waals surface area contributed by atoms with E-state index in [1.54, 1.807) is 24.5 Å². The Bertz CT molecular complexity index is 1230. The third-order valence-electron chi connectivity index (χ3n) is 6.64. The number of halogens is 2. The van der Waals surface area contributed by atoms with Crippen molar-refractivity contribution < 1.29 is 14.2 Å². The minimum absolute atomic E-state index is 0.191. The Morgan fingerprint density at radius 1 is 1.21 bits per heavy atom. The molecule has 1 spiro atoms. The zero-order valence-electron chi connectivity index (χ0n) is 18.5. The molecular weight excluding hydrogens is 481 g/mol. The number of ether oxygens (including phenoxy) is 1. The first-order chi connectivity index (χ1) is 16.5. The summed E-state index contributed by atoms with van der Waals surface area (Å²) in [7, 11) is 0. The van der Waals surface area contributed by atoms with Crippen molar-refractivity contribution in [1.29, 1.82) is 0 Å². The molecule has 1 atom stereocenters. The molecular formula is C23H25ClFN5O3S. The molecule has 2 aliphatic heterocycles. The summed E-state index contributed by atoms with van der Waals surface area (Å²) in [6.45, 7) is 2.48. The maximum absolute atomic E-state index is 12.9. The van der Waals surface area contributed by atoms with Gasteiger partial charge in [0.25, 0.3) is 5.56 Å². The molecule has 11 heteroatoms. The highest BCUT2D eigenvalue weighted by Crippen LogP contribution is 2.40. The van der Waals surface area contributed by atoms with Gasteiger partial charge < -0.3 is 14.7 Å². The minimum atomic E-state index is -1.28. The van der Waals surface area contributed by atoms with Crippen LogP contribution in [-0.4, -0.2) is 63.7 Å². The molecule has 0 radical (unpaired) electrons. The first kappa shape index (κ1) is 23.5. The van der Waals surface area contributed by atoms with Gasteiger partial charge in [0.1, 0.15) is 23.6 Å². The number of alkyl halides is 1. The first-order valence-electron chi connectivity index (χ1n) is 11.2. The predicted octanol–water partition coefficient (Wildman–Crippen LogP) is 3.33. The van der Waals surface area contributed by atoms with Gasteiger partial charge in [-0.15, -0.1) is 0 Å². The van der Waals surface area contributed by atoms with E-state index in [9.17, 15) is 14.3 Å². The Morgan fingerprint density at radius 3 is 2.71 bits per heavy atom. The van der Waals surface area contributed by atoms with Crippen LogP contribution in [0.25, 0.3) is 10.9 Å². The third-order valence-corrected chi connectivity index (χ3v) is 8.13. The van der Waals surface area contributed by atoms with Gasteiger partial charge in [0.2, 0.25) is 0 Å². The number of benzene rings is 1. The van der Waals surface area contributed by atoms with Crippen LogP contribution in [0.3, 0.4) is 0 Å². The van der Waals surface area contributed by atoms with Crippen molar-refractivity contribution >= 4 is 40.1 Å². The van der Waals surface area contributed by atoms with E-state index in [-0.39, 0.29) is 17.0 Å². The highest BCUT2D eigenvalue weighted by atomic mass is 35.5. The molecule has 2 fully saturated rings. The van der Waals surface area contributed by atoms with Crippen LogP contribution in [0.1, 0.15) is 19.3 Å². The fourth-order valence-corrected chi connectivity index (χ4v) is 5.68. The number of anilines is 1. The van der Waals surface area contributed by atoms with Gasteiger partial charge in [-0.25, -0.2) is 19.3 Å². The topological polar surface area (TPSA) is 93.4 Å². The summed E-state index contributed by atoms with van der Waals surface area (Å²) in [5, 5.41) is 10.7. The van der Waals surface area contributed by atoms with Crippen LogP contribution in [0.2, 0.25) is 5.02 Å². The highest BCUT2D eigenvalue weighted by Gasteiger charge is 2.38. The van der Waals surface area contributed by atoms with Gasteiger partial charge in [-0.1, -0.05) is 23.4 Å². The zero-order valence-corrected chi connectivity index (χ0v) is 20.1. The number of aromatic nitrogens is 4. The van der Waals surface area contributed by atoms with Gasteiger partial charge in [0, 0.05) is 24.6 Å². The smallest absolute Gasteiger partial charge is 0.262 e. The number of aliphatic hydroxyl groups excluding tert-OH is 1. The van der Waals surface area contributed by atoms with Gasteiger partial charge in [-0.2, -0.15) is 0 Å². The lowest BCUT2D eigenvalue weighted by Crippen LogP contribution is -2.40. The van der Waals surface area contributed by atoms with E-state index in [0.29, 0.717) is 20.9 Å². The molecule has 0 aliphatic carbocycles. The fraction of sp³-hybridized carbons (Fsp3) is 0.478. The number of hydrogen-bond acceptors (Lipinski definition) is 8. The van der Waals surface area contributed by atoms with E-state index in [0.717, 1.165) is 51.4 Å². The molecule has 1 N–H and O–H groups in total. The highest BCUT2D eigenvalue weighted by molar-refractivity contribution is 7.99. The maximum atomic E-state index is 12.9. The van der Waals surface area contributed by atoms with Gasteiger partial charge in [0.05, 0.1) is 47.8 Å². The van der Waals surface area contributed by atoms with Crippen LogP contribution < -0.4 is 10.5 Å². The molecule has 4 heterocycles. The molecule has 0 amide bonds. The summed E-state index contributed by atoms with van der Waals surface area (Å²) in [6, 6.07) is 3.49. The maximum Gasteiger partial charge on any atom is 0.262 e. The normalized spacial score (nSPS) is 18.6. The lowest BCUT2D eigenvalue weighted by molar-refractivity contribution is 0.121. The molecule has 8 nitrogen and oxygen atoms in total. The Hall–Kier alpha value is -2.27. The van der Waals surface area contributed by atoms with Gasteiger partial charge in [0.15, 0.2) is 0 Å². The monoisotopic (exact) mass is 505 g/mol. The van der Waals surface area contributed by atoms with Crippen LogP contribution in [0.5, 0.6) is 0 Å². The molecule has 0 bridgehead atoms. The van der Waals surface area contributed by atoms with Gasteiger partial charge >= 0.3 is 0 Å². The number of aliphatic hydroxyl groups is 1. The largest absolute Gasteiger partial charge is 0.389 e. The zero-order chi connectivity index (χ0) is 23.7. The van der Waals surface area contributed by atoms with E-state index < -0.39 is 18.3 Å². The molecule has 1 unspecified atom stereocenters. The Morgan fingerprint density at radius 2 is 2.03 bits per heavy atom. The Balaban J connectivity index is 1.32. The fourth-order valence-electron chi connectivity index (χ4n) is 4.56. The van der Waals surface area contributed by atoms with Gasteiger partial charge in [-0.05, 0) is 36.8 Å². The van der Waals surface area contributed by atoms with Crippen molar-refractivity contribution in [2.75, 3.05) is 37.9 Å².